The first-order valence-electron chi connectivity index (χ1n) is 6.35. The fourth-order valence-electron chi connectivity index (χ4n) is 2.14. The van der Waals surface area contributed by atoms with Gasteiger partial charge in [0.15, 0.2) is 11.5 Å². The summed E-state index contributed by atoms with van der Waals surface area (Å²) in [6, 6.07) is 6.43. The smallest absolute Gasteiger partial charge is 0.192 e. The molecule has 1 heterocycles. The quantitative estimate of drug-likeness (QED) is 0.877. The Morgan fingerprint density at radius 3 is 2.94 bits per heavy atom. The number of fused-ring (bicyclic) bond motifs is 1. The molecule has 18 heavy (non-hydrogen) atoms. The number of hydrogen-bond donors (Lipinski definition) is 1. The van der Waals surface area contributed by atoms with Crippen LogP contribution in [-0.4, -0.2) is 36.1 Å². The third-order valence-electron chi connectivity index (χ3n) is 2.94. The highest BCUT2D eigenvalue weighted by Gasteiger charge is 2.05. The maximum absolute atomic E-state index is 5.77. The molecule has 0 saturated carbocycles. The molecule has 2 aromatic rings. The van der Waals surface area contributed by atoms with Gasteiger partial charge in [0.1, 0.15) is 5.52 Å². The Labute approximate surface area is 108 Å². The van der Waals surface area contributed by atoms with E-state index in [4.69, 9.17) is 10.2 Å². The SMILES string of the molecule is Cc1nc2ccc(CCN(C)CC(C)N)cc2o1. The van der Waals surface area contributed by atoms with Gasteiger partial charge in [-0.1, -0.05) is 6.07 Å². The molecule has 1 unspecified atom stereocenters. The van der Waals surface area contributed by atoms with Gasteiger partial charge in [0, 0.05) is 26.1 Å². The van der Waals surface area contributed by atoms with Gasteiger partial charge in [0.2, 0.25) is 0 Å². The predicted molar refractivity (Wildman–Crippen MR) is 73.6 cm³/mol. The maximum atomic E-state index is 5.77. The summed E-state index contributed by atoms with van der Waals surface area (Å²) in [7, 11) is 2.10. The molecule has 98 valence electrons. The number of oxazole rings is 1. The number of hydrogen-bond acceptors (Lipinski definition) is 4. The third kappa shape index (κ3) is 3.31. The van der Waals surface area contributed by atoms with Gasteiger partial charge in [-0.05, 0) is 38.1 Å². The van der Waals surface area contributed by atoms with Crippen LogP contribution in [0, 0.1) is 6.92 Å². The Morgan fingerprint density at radius 2 is 2.22 bits per heavy atom. The van der Waals surface area contributed by atoms with Gasteiger partial charge in [-0.3, -0.25) is 0 Å². The molecule has 1 aromatic heterocycles. The van der Waals surface area contributed by atoms with Crippen LogP contribution in [0.4, 0.5) is 0 Å². The van der Waals surface area contributed by atoms with Gasteiger partial charge >= 0.3 is 0 Å². The van der Waals surface area contributed by atoms with Crippen LogP contribution >= 0.6 is 0 Å². The van der Waals surface area contributed by atoms with Gasteiger partial charge in [0.25, 0.3) is 0 Å². The van der Waals surface area contributed by atoms with E-state index in [9.17, 15) is 0 Å². The Morgan fingerprint density at radius 1 is 1.44 bits per heavy atom. The zero-order valence-electron chi connectivity index (χ0n) is 11.3. The van der Waals surface area contributed by atoms with Crippen LogP contribution < -0.4 is 5.73 Å². The fraction of sp³-hybridized carbons (Fsp3) is 0.500. The fourth-order valence-corrected chi connectivity index (χ4v) is 2.14. The van der Waals surface area contributed by atoms with Crippen molar-refractivity contribution in [3.05, 3.63) is 29.7 Å². The summed E-state index contributed by atoms with van der Waals surface area (Å²) in [5, 5.41) is 0. The molecule has 1 aromatic carbocycles. The van der Waals surface area contributed by atoms with E-state index in [-0.39, 0.29) is 6.04 Å². The summed E-state index contributed by atoms with van der Waals surface area (Å²) in [6.45, 7) is 5.82. The molecule has 0 saturated heterocycles. The monoisotopic (exact) mass is 247 g/mol. The Hall–Kier alpha value is -1.39. The summed E-state index contributed by atoms with van der Waals surface area (Å²) in [5.74, 6) is 0.719. The Kier molecular flexibility index (Phi) is 3.99. The molecule has 0 amide bonds. The highest BCUT2D eigenvalue weighted by atomic mass is 16.3. The molecule has 2 N–H and O–H groups in total. The van der Waals surface area contributed by atoms with Crippen molar-refractivity contribution in [2.45, 2.75) is 26.3 Å². The average molecular weight is 247 g/mol. The second kappa shape index (κ2) is 5.50. The van der Waals surface area contributed by atoms with Gasteiger partial charge in [0.05, 0.1) is 0 Å². The molecule has 0 fully saturated rings. The minimum atomic E-state index is 0.217. The van der Waals surface area contributed by atoms with Gasteiger partial charge in [-0.2, -0.15) is 0 Å². The van der Waals surface area contributed by atoms with Crippen molar-refractivity contribution < 1.29 is 4.42 Å². The Bertz CT molecular complexity index is 519. The highest BCUT2D eigenvalue weighted by molar-refractivity contribution is 5.73. The summed E-state index contributed by atoms with van der Waals surface area (Å²) in [6.07, 6.45) is 0.999. The van der Waals surface area contributed by atoms with Crippen molar-refractivity contribution in [1.82, 2.24) is 9.88 Å². The van der Waals surface area contributed by atoms with Crippen LogP contribution in [0.15, 0.2) is 22.6 Å². The molecular weight excluding hydrogens is 226 g/mol. The van der Waals surface area contributed by atoms with Crippen LogP contribution in [0.5, 0.6) is 0 Å². The molecule has 2 rings (SSSR count). The zero-order chi connectivity index (χ0) is 13.1. The predicted octanol–water partition coefficient (Wildman–Crippen LogP) is 1.96. The average Bonchev–Trinajstić information content (AvgIpc) is 2.64. The van der Waals surface area contributed by atoms with Gasteiger partial charge in [-0.25, -0.2) is 4.98 Å². The van der Waals surface area contributed by atoms with E-state index in [0.717, 1.165) is 36.5 Å². The first kappa shape index (κ1) is 13.1. The van der Waals surface area contributed by atoms with E-state index in [1.54, 1.807) is 0 Å². The van der Waals surface area contributed by atoms with Crippen molar-refractivity contribution in [1.29, 1.82) is 0 Å². The second-order valence-electron chi connectivity index (χ2n) is 5.02. The summed E-state index contributed by atoms with van der Waals surface area (Å²) in [4.78, 5) is 6.55. The Balaban J connectivity index is 1.99. The lowest BCUT2D eigenvalue weighted by molar-refractivity contribution is 0.321. The number of aryl methyl sites for hydroxylation is 1. The number of aromatic nitrogens is 1. The van der Waals surface area contributed by atoms with Crippen molar-refractivity contribution in [2.24, 2.45) is 5.73 Å². The molecule has 4 nitrogen and oxygen atoms in total. The molecule has 0 radical (unpaired) electrons. The minimum absolute atomic E-state index is 0.217. The lowest BCUT2D eigenvalue weighted by Gasteiger charge is -2.18. The van der Waals surface area contributed by atoms with E-state index >= 15 is 0 Å². The number of likely N-dealkylation sites (N-methyl/N-ethyl adjacent to an activating group) is 1. The first-order valence-corrected chi connectivity index (χ1v) is 6.35. The van der Waals surface area contributed by atoms with E-state index < -0.39 is 0 Å². The van der Waals surface area contributed by atoms with Crippen molar-refractivity contribution in [3.8, 4) is 0 Å². The molecule has 0 aliphatic rings. The molecular formula is C14H21N3O. The molecule has 0 spiro atoms. The van der Waals surface area contributed by atoms with Crippen LogP contribution in [0.25, 0.3) is 11.1 Å². The van der Waals surface area contributed by atoms with E-state index in [0.29, 0.717) is 0 Å². The normalized spacial score (nSPS) is 13.4. The molecule has 0 aliphatic heterocycles. The third-order valence-corrected chi connectivity index (χ3v) is 2.94. The van der Waals surface area contributed by atoms with Crippen molar-refractivity contribution in [2.75, 3.05) is 20.1 Å². The van der Waals surface area contributed by atoms with Crippen LogP contribution in [0.1, 0.15) is 18.4 Å². The lowest BCUT2D eigenvalue weighted by Crippen LogP contribution is -2.34. The van der Waals surface area contributed by atoms with Crippen LogP contribution in [-0.2, 0) is 6.42 Å². The second-order valence-corrected chi connectivity index (χ2v) is 5.02. The lowest BCUT2D eigenvalue weighted by atomic mass is 10.1. The molecule has 4 heteroatoms. The minimum Gasteiger partial charge on any atom is -0.441 e. The molecule has 0 bridgehead atoms. The van der Waals surface area contributed by atoms with E-state index in [1.807, 2.05) is 19.9 Å². The van der Waals surface area contributed by atoms with E-state index in [1.165, 1.54) is 5.56 Å². The van der Waals surface area contributed by atoms with Crippen molar-refractivity contribution >= 4 is 11.1 Å². The number of nitrogens with zero attached hydrogens (tertiary/aromatic N) is 2. The first-order chi connectivity index (χ1) is 8.54. The van der Waals surface area contributed by atoms with Gasteiger partial charge in [-0.15, -0.1) is 0 Å². The maximum Gasteiger partial charge on any atom is 0.192 e. The number of nitrogens with two attached hydrogens (primary N) is 1. The number of benzene rings is 1. The summed E-state index contributed by atoms with van der Waals surface area (Å²) in [5.41, 5.74) is 8.85. The molecule has 1 atom stereocenters. The van der Waals surface area contributed by atoms with Crippen LogP contribution in [0.3, 0.4) is 0 Å². The van der Waals surface area contributed by atoms with Gasteiger partial charge < -0.3 is 15.1 Å². The molecule has 0 aliphatic carbocycles. The highest BCUT2D eigenvalue weighted by Crippen LogP contribution is 2.17. The number of rotatable bonds is 5. The van der Waals surface area contributed by atoms with Crippen molar-refractivity contribution in [3.63, 3.8) is 0 Å². The van der Waals surface area contributed by atoms with E-state index in [2.05, 4.69) is 29.1 Å². The largest absolute Gasteiger partial charge is 0.441 e. The summed E-state index contributed by atoms with van der Waals surface area (Å²) >= 11 is 0. The standard InChI is InChI=1S/C14H21N3O/c1-10(15)9-17(3)7-6-12-4-5-13-14(8-12)18-11(2)16-13/h4-5,8,10H,6-7,9,15H2,1-3H3. The summed E-state index contributed by atoms with van der Waals surface area (Å²) < 4.78 is 5.54. The topological polar surface area (TPSA) is 55.3 Å². The van der Waals surface area contributed by atoms with Crippen LogP contribution in [0.2, 0.25) is 0 Å². The zero-order valence-corrected chi connectivity index (χ0v) is 11.3.